The highest BCUT2D eigenvalue weighted by Crippen LogP contribution is 2.13. The first kappa shape index (κ1) is 17.7. The first-order valence-corrected chi connectivity index (χ1v) is 6.49. The van der Waals surface area contributed by atoms with E-state index < -0.39 is 23.7 Å². The number of rotatable bonds is 3. The van der Waals surface area contributed by atoms with E-state index in [1.807, 2.05) is 0 Å². The lowest BCUT2D eigenvalue weighted by Crippen LogP contribution is -2.09. The zero-order chi connectivity index (χ0) is 16.7. The smallest absolute Gasteiger partial charge is 0.337 e. The summed E-state index contributed by atoms with van der Waals surface area (Å²) in [6.45, 7) is 1.71. The van der Waals surface area contributed by atoms with E-state index in [0.717, 1.165) is 12.1 Å². The molecule has 0 bridgehead atoms. The number of aliphatic hydroxyl groups excluding tert-OH is 1. The number of hydrogen-bond acceptors (Lipinski definition) is 3. The summed E-state index contributed by atoms with van der Waals surface area (Å²) >= 11 is 0. The molecule has 2 aromatic rings. The SMILES string of the molecule is C[C@H](N)c1ccc(F)c(F)c1.O=C(O)C(O)c1ccccc1. The van der Waals surface area contributed by atoms with Crippen LogP contribution in [0.1, 0.15) is 30.2 Å². The van der Waals surface area contributed by atoms with E-state index in [1.54, 1.807) is 37.3 Å². The molecule has 2 aromatic carbocycles. The molecule has 0 aliphatic rings. The molecule has 0 radical (unpaired) electrons. The lowest BCUT2D eigenvalue weighted by atomic mass is 10.1. The van der Waals surface area contributed by atoms with Crippen LogP contribution in [0, 0.1) is 11.6 Å². The molecule has 0 heterocycles. The van der Waals surface area contributed by atoms with Gasteiger partial charge in [-0.3, -0.25) is 0 Å². The number of aliphatic carboxylic acids is 1. The Morgan fingerprint density at radius 3 is 2.09 bits per heavy atom. The highest BCUT2D eigenvalue weighted by Gasteiger charge is 2.14. The van der Waals surface area contributed by atoms with Crippen molar-refractivity contribution in [1.29, 1.82) is 0 Å². The van der Waals surface area contributed by atoms with Crippen LogP contribution in [-0.2, 0) is 4.79 Å². The monoisotopic (exact) mass is 309 g/mol. The number of carbonyl (C=O) groups is 1. The van der Waals surface area contributed by atoms with E-state index in [4.69, 9.17) is 15.9 Å². The van der Waals surface area contributed by atoms with E-state index in [1.165, 1.54) is 6.07 Å². The topological polar surface area (TPSA) is 83.6 Å². The third kappa shape index (κ3) is 5.23. The average Bonchev–Trinajstić information content (AvgIpc) is 2.50. The van der Waals surface area contributed by atoms with Crippen LogP contribution in [0.5, 0.6) is 0 Å². The maximum atomic E-state index is 12.5. The van der Waals surface area contributed by atoms with Crippen LogP contribution < -0.4 is 5.73 Å². The molecule has 0 saturated carbocycles. The van der Waals surface area contributed by atoms with Gasteiger partial charge in [0.15, 0.2) is 17.7 Å². The molecule has 6 heteroatoms. The normalized spacial score (nSPS) is 12.8. The number of halogens is 2. The number of nitrogens with two attached hydrogens (primary N) is 1. The largest absolute Gasteiger partial charge is 0.479 e. The van der Waals surface area contributed by atoms with Gasteiger partial charge in [-0.1, -0.05) is 36.4 Å². The van der Waals surface area contributed by atoms with Gasteiger partial charge >= 0.3 is 5.97 Å². The number of benzene rings is 2. The second kappa shape index (κ2) is 8.21. The highest BCUT2D eigenvalue weighted by atomic mass is 19.2. The third-order valence-electron chi connectivity index (χ3n) is 2.82. The van der Waals surface area contributed by atoms with E-state index >= 15 is 0 Å². The second-order valence-corrected chi connectivity index (χ2v) is 4.61. The standard InChI is InChI=1S/C8H9F2N.C8H8O3/c1-5(11)6-2-3-7(9)8(10)4-6;9-7(8(10)11)6-4-2-1-3-5-6/h2-5H,11H2,1H3;1-5,7,9H,(H,10,11)/t5-;/m0./s1. The fraction of sp³-hybridized carbons (Fsp3) is 0.188. The summed E-state index contributed by atoms with van der Waals surface area (Å²) in [6, 6.07) is 11.7. The van der Waals surface area contributed by atoms with Gasteiger partial charge in [-0.15, -0.1) is 0 Å². The summed E-state index contributed by atoms with van der Waals surface area (Å²) in [6.07, 6.45) is -1.41. The van der Waals surface area contributed by atoms with Crippen LogP contribution in [0.2, 0.25) is 0 Å². The maximum absolute atomic E-state index is 12.5. The third-order valence-corrected chi connectivity index (χ3v) is 2.82. The first-order chi connectivity index (χ1) is 10.3. The summed E-state index contributed by atoms with van der Waals surface area (Å²) < 4.78 is 24.9. The number of carboxylic acid groups (broad SMARTS) is 1. The Morgan fingerprint density at radius 2 is 1.64 bits per heavy atom. The molecule has 22 heavy (non-hydrogen) atoms. The minimum absolute atomic E-state index is 0.259. The van der Waals surface area contributed by atoms with Gasteiger partial charge in [0.05, 0.1) is 0 Å². The fourth-order valence-electron chi connectivity index (χ4n) is 1.57. The molecule has 0 spiro atoms. The summed E-state index contributed by atoms with van der Waals surface area (Å²) in [4.78, 5) is 10.2. The lowest BCUT2D eigenvalue weighted by Gasteiger charge is -2.04. The molecule has 1 unspecified atom stereocenters. The molecule has 0 aliphatic carbocycles. The highest BCUT2D eigenvalue weighted by molar-refractivity contribution is 5.73. The Kier molecular flexibility index (Phi) is 6.62. The molecule has 4 N–H and O–H groups in total. The van der Waals surface area contributed by atoms with Gasteiger partial charge in [-0.05, 0) is 30.2 Å². The van der Waals surface area contributed by atoms with Crippen molar-refractivity contribution in [3.63, 3.8) is 0 Å². The van der Waals surface area contributed by atoms with Crippen LogP contribution >= 0.6 is 0 Å². The van der Waals surface area contributed by atoms with E-state index in [0.29, 0.717) is 11.1 Å². The van der Waals surface area contributed by atoms with Gasteiger partial charge in [0.1, 0.15) is 0 Å². The minimum atomic E-state index is -1.41. The molecular formula is C16H17F2NO3. The van der Waals surface area contributed by atoms with Gasteiger partial charge in [0.25, 0.3) is 0 Å². The first-order valence-electron chi connectivity index (χ1n) is 6.49. The Hall–Kier alpha value is -2.31. The van der Waals surface area contributed by atoms with Gasteiger partial charge in [-0.2, -0.15) is 0 Å². The molecule has 0 aliphatic heterocycles. The number of aliphatic hydroxyl groups is 1. The van der Waals surface area contributed by atoms with Gasteiger partial charge in [0.2, 0.25) is 0 Å². The predicted octanol–water partition coefficient (Wildman–Crippen LogP) is 2.79. The van der Waals surface area contributed by atoms with Crippen LogP contribution in [0.25, 0.3) is 0 Å². The van der Waals surface area contributed by atoms with Crippen LogP contribution in [0.3, 0.4) is 0 Å². The van der Waals surface area contributed by atoms with Crippen molar-refractivity contribution < 1.29 is 23.8 Å². The molecule has 4 nitrogen and oxygen atoms in total. The molecule has 2 rings (SSSR count). The molecule has 0 aromatic heterocycles. The van der Waals surface area contributed by atoms with Crippen molar-refractivity contribution in [2.75, 3.05) is 0 Å². The average molecular weight is 309 g/mol. The Balaban J connectivity index is 0.000000220. The summed E-state index contributed by atoms with van der Waals surface area (Å²) in [7, 11) is 0. The van der Waals surface area contributed by atoms with Crippen LogP contribution in [0.4, 0.5) is 8.78 Å². The van der Waals surface area contributed by atoms with Crippen molar-refractivity contribution in [2.24, 2.45) is 5.73 Å². The van der Waals surface area contributed by atoms with Gasteiger partial charge in [0, 0.05) is 6.04 Å². The van der Waals surface area contributed by atoms with Crippen molar-refractivity contribution in [1.82, 2.24) is 0 Å². The quantitative estimate of drug-likeness (QED) is 0.814. The summed E-state index contributed by atoms with van der Waals surface area (Å²) in [5.74, 6) is -2.91. The van der Waals surface area contributed by atoms with Crippen LogP contribution in [-0.4, -0.2) is 16.2 Å². The van der Waals surface area contributed by atoms with Crippen molar-refractivity contribution >= 4 is 5.97 Å². The molecule has 118 valence electrons. The molecule has 0 saturated heterocycles. The predicted molar refractivity (Wildman–Crippen MR) is 78.0 cm³/mol. The van der Waals surface area contributed by atoms with E-state index in [2.05, 4.69) is 0 Å². The van der Waals surface area contributed by atoms with E-state index in [9.17, 15) is 13.6 Å². The maximum Gasteiger partial charge on any atom is 0.337 e. The molecular weight excluding hydrogens is 292 g/mol. The van der Waals surface area contributed by atoms with E-state index in [-0.39, 0.29) is 6.04 Å². The zero-order valence-corrected chi connectivity index (χ0v) is 11.9. The molecule has 2 atom stereocenters. The second-order valence-electron chi connectivity index (χ2n) is 4.61. The van der Waals surface area contributed by atoms with Crippen LogP contribution in [0.15, 0.2) is 48.5 Å². The molecule has 0 amide bonds. The van der Waals surface area contributed by atoms with Crippen molar-refractivity contribution in [2.45, 2.75) is 19.1 Å². The Labute approximate surface area is 126 Å². The Morgan fingerprint density at radius 1 is 1.05 bits per heavy atom. The van der Waals surface area contributed by atoms with Crippen molar-refractivity contribution in [3.05, 3.63) is 71.3 Å². The van der Waals surface area contributed by atoms with Gasteiger partial charge < -0.3 is 15.9 Å². The lowest BCUT2D eigenvalue weighted by molar-refractivity contribution is -0.146. The van der Waals surface area contributed by atoms with Crippen molar-refractivity contribution in [3.8, 4) is 0 Å². The summed E-state index contributed by atoms with van der Waals surface area (Å²) in [5.41, 5.74) is 6.45. The Bertz CT molecular complexity index is 618. The zero-order valence-electron chi connectivity index (χ0n) is 11.9. The number of hydrogen-bond donors (Lipinski definition) is 3. The minimum Gasteiger partial charge on any atom is -0.479 e. The van der Waals surface area contributed by atoms with Gasteiger partial charge in [-0.25, -0.2) is 13.6 Å². The number of carboxylic acids is 1. The fourth-order valence-corrected chi connectivity index (χ4v) is 1.57. The molecule has 0 fully saturated rings. The summed E-state index contributed by atoms with van der Waals surface area (Å²) in [5, 5.41) is 17.4.